The molecule has 2 aliphatic rings. The van der Waals surface area contributed by atoms with Crippen LogP contribution in [0.15, 0.2) is 48.5 Å². The first-order chi connectivity index (χ1) is 15.1. The number of carbonyl (C=O) groups excluding carboxylic acids is 2. The highest BCUT2D eigenvalue weighted by atomic mass is 32.1. The summed E-state index contributed by atoms with van der Waals surface area (Å²) in [5.74, 6) is -0.533. The minimum absolute atomic E-state index is 0.00131. The molecule has 1 fully saturated rings. The third-order valence-corrected chi connectivity index (χ3v) is 7.55. The molecule has 0 unspecified atom stereocenters. The maximum atomic E-state index is 13.8. The minimum atomic E-state index is -0.523. The Kier molecular flexibility index (Phi) is 5.24. The number of amides is 2. The fraction of sp³-hybridized carbons (Fsp3) is 0.375. The lowest BCUT2D eigenvalue weighted by Crippen LogP contribution is -2.60. The highest BCUT2D eigenvalue weighted by Crippen LogP contribution is 2.50. The number of rotatable bonds is 5. The standard InChI is InChI=1S/C24H25N3O3S/c1-30-15-14-27-22(29)17-9-3-2-8-16(17)20(24(27)12-6-7-13-24)21(28)26-23-25-18-10-4-5-11-19(18)31-23/h2-5,8-11,20H,6-7,12-15H2,1H3,(H,25,26,28)/t20-/m0/s1. The Bertz CT molecular complexity index is 1100. The van der Waals surface area contributed by atoms with Gasteiger partial charge in [-0.15, -0.1) is 0 Å². The van der Waals surface area contributed by atoms with Crippen LogP contribution in [-0.4, -0.2) is 47.5 Å². The van der Waals surface area contributed by atoms with Gasteiger partial charge in [-0.25, -0.2) is 4.98 Å². The van der Waals surface area contributed by atoms with E-state index in [2.05, 4.69) is 10.3 Å². The predicted molar refractivity (Wildman–Crippen MR) is 122 cm³/mol. The monoisotopic (exact) mass is 435 g/mol. The Morgan fingerprint density at radius 3 is 2.71 bits per heavy atom. The average Bonchev–Trinajstić information content (AvgIpc) is 3.41. The van der Waals surface area contributed by atoms with Crippen molar-refractivity contribution in [1.82, 2.24) is 9.88 Å². The van der Waals surface area contributed by atoms with Gasteiger partial charge in [-0.05, 0) is 36.6 Å². The molecular formula is C24H25N3O3S. The zero-order valence-electron chi connectivity index (χ0n) is 17.5. The first-order valence-electron chi connectivity index (χ1n) is 10.7. The van der Waals surface area contributed by atoms with E-state index in [1.807, 2.05) is 53.4 Å². The number of nitrogens with one attached hydrogen (secondary N) is 1. The van der Waals surface area contributed by atoms with Gasteiger partial charge in [0.05, 0.1) is 28.3 Å². The van der Waals surface area contributed by atoms with Crippen molar-refractivity contribution in [3.63, 3.8) is 0 Å². The number of thiazole rings is 1. The zero-order valence-corrected chi connectivity index (χ0v) is 18.3. The third kappa shape index (κ3) is 3.32. The number of fused-ring (bicyclic) bond motifs is 2. The van der Waals surface area contributed by atoms with E-state index in [9.17, 15) is 9.59 Å². The lowest BCUT2D eigenvalue weighted by atomic mass is 9.71. The maximum Gasteiger partial charge on any atom is 0.254 e. The molecule has 31 heavy (non-hydrogen) atoms. The van der Waals surface area contributed by atoms with E-state index >= 15 is 0 Å². The van der Waals surface area contributed by atoms with Crippen LogP contribution in [0.3, 0.4) is 0 Å². The van der Waals surface area contributed by atoms with Crippen molar-refractivity contribution in [1.29, 1.82) is 0 Å². The summed E-state index contributed by atoms with van der Waals surface area (Å²) in [5, 5.41) is 3.68. The van der Waals surface area contributed by atoms with E-state index < -0.39 is 11.5 Å². The van der Waals surface area contributed by atoms with Crippen LogP contribution in [0.1, 0.15) is 47.5 Å². The average molecular weight is 436 g/mol. The summed E-state index contributed by atoms with van der Waals surface area (Å²) in [6, 6.07) is 15.4. The molecule has 3 aromatic rings. The summed E-state index contributed by atoms with van der Waals surface area (Å²) < 4.78 is 6.34. The predicted octanol–water partition coefficient (Wildman–Crippen LogP) is 4.43. The SMILES string of the molecule is COCCN1C(=O)c2ccccc2[C@@H](C(=O)Nc2nc3ccccc3s2)C12CCCC2. The molecule has 1 aliphatic carbocycles. The van der Waals surface area contributed by atoms with E-state index in [0.29, 0.717) is 23.8 Å². The fourth-order valence-electron chi connectivity index (χ4n) is 5.28. The van der Waals surface area contributed by atoms with Gasteiger partial charge in [0, 0.05) is 19.2 Å². The number of benzene rings is 2. The first kappa shape index (κ1) is 20.2. The minimum Gasteiger partial charge on any atom is -0.383 e. The van der Waals surface area contributed by atoms with Crippen LogP contribution >= 0.6 is 11.3 Å². The molecule has 1 aliphatic heterocycles. The molecule has 2 heterocycles. The Hall–Kier alpha value is -2.77. The van der Waals surface area contributed by atoms with Crippen LogP contribution in [0.4, 0.5) is 5.13 Å². The number of carbonyl (C=O) groups is 2. The summed E-state index contributed by atoms with van der Waals surface area (Å²) >= 11 is 1.47. The Labute approximate surface area is 185 Å². The van der Waals surface area contributed by atoms with Gasteiger partial charge in [-0.3, -0.25) is 9.59 Å². The fourth-order valence-corrected chi connectivity index (χ4v) is 6.15. The highest BCUT2D eigenvalue weighted by molar-refractivity contribution is 7.22. The second kappa shape index (κ2) is 8.05. The number of anilines is 1. The van der Waals surface area contributed by atoms with Gasteiger partial charge in [0.15, 0.2) is 5.13 Å². The second-order valence-corrected chi connectivity index (χ2v) is 9.29. The molecule has 1 saturated carbocycles. The molecule has 0 saturated heterocycles. The number of nitrogens with zero attached hydrogens (tertiary/aromatic N) is 2. The molecular weight excluding hydrogens is 410 g/mol. The second-order valence-electron chi connectivity index (χ2n) is 8.26. The van der Waals surface area contributed by atoms with Gasteiger partial charge in [0.2, 0.25) is 5.91 Å². The summed E-state index contributed by atoms with van der Waals surface area (Å²) in [5.41, 5.74) is 1.78. The number of methoxy groups -OCH3 is 1. The van der Waals surface area contributed by atoms with Crippen LogP contribution < -0.4 is 5.32 Å². The van der Waals surface area contributed by atoms with Crippen LogP contribution in [0, 0.1) is 0 Å². The molecule has 1 aromatic heterocycles. The van der Waals surface area contributed by atoms with Gasteiger partial charge < -0.3 is 15.0 Å². The smallest absolute Gasteiger partial charge is 0.254 e. The van der Waals surface area contributed by atoms with Gasteiger partial charge >= 0.3 is 0 Å². The summed E-state index contributed by atoms with van der Waals surface area (Å²) in [4.78, 5) is 33.7. The molecule has 1 spiro atoms. The topological polar surface area (TPSA) is 71.5 Å². The lowest BCUT2D eigenvalue weighted by molar-refractivity contribution is -0.121. The molecule has 160 valence electrons. The van der Waals surface area contributed by atoms with Crippen LogP contribution in [0.2, 0.25) is 0 Å². The van der Waals surface area contributed by atoms with E-state index in [1.165, 1.54) is 11.3 Å². The highest BCUT2D eigenvalue weighted by Gasteiger charge is 2.55. The van der Waals surface area contributed by atoms with Gasteiger partial charge in [-0.1, -0.05) is 54.5 Å². The molecule has 1 atom stereocenters. The Morgan fingerprint density at radius 2 is 1.94 bits per heavy atom. The van der Waals surface area contributed by atoms with Crippen molar-refractivity contribution in [2.24, 2.45) is 0 Å². The van der Waals surface area contributed by atoms with Gasteiger partial charge in [0.1, 0.15) is 0 Å². The lowest BCUT2D eigenvalue weighted by Gasteiger charge is -2.50. The molecule has 5 rings (SSSR count). The quantitative estimate of drug-likeness (QED) is 0.643. The van der Waals surface area contributed by atoms with E-state index in [1.54, 1.807) is 7.11 Å². The molecule has 2 aromatic carbocycles. The number of aromatic nitrogens is 1. The van der Waals surface area contributed by atoms with Gasteiger partial charge in [-0.2, -0.15) is 0 Å². The number of hydrogen-bond acceptors (Lipinski definition) is 5. The van der Waals surface area contributed by atoms with Crippen molar-refractivity contribution in [3.05, 3.63) is 59.7 Å². The number of hydrogen-bond donors (Lipinski definition) is 1. The van der Waals surface area contributed by atoms with Crippen molar-refractivity contribution in [2.75, 3.05) is 25.6 Å². The summed E-state index contributed by atoms with van der Waals surface area (Å²) in [7, 11) is 1.64. The zero-order chi connectivity index (χ0) is 21.4. The van der Waals surface area contributed by atoms with Crippen molar-refractivity contribution in [3.8, 4) is 0 Å². The Morgan fingerprint density at radius 1 is 1.19 bits per heavy atom. The van der Waals surface area contributed by atoms with Crippen LogP contribution in [-0.2, 0) is 9.53 Å². The first-order valence-corrected chi connectivity index (χ1v) is 11.5. The summed E-state index contributed by atoms with van der Waals surface area (Å²) in [6.07, 6.45) is 3.64. The van der Waals surface area contributed by atoms with E-state index in [0.717, 1.165) is 41.5 Å². The van der Waals surface area contributed by atoms with Crippen molar-refractivity contribution >= 4 is 38.5 Å². The maximum absolute atomic E-state index is 13.8. The summed E-state index contributed by atoms with van der Waals surface area (Å²) in [6.45, 7) is 0.927. The van der Waals surface area contributed by atoms with E-state index in [4.69, 9.17) is 4.74 Å². The number of para-hydroxylation sites is 1. The van der Waals surface area contributed by atoms with Crippen LogP contribution in [0.5, 0.6) is 0 Å². The van der Waals surface area contributed by atoms with Crippen molar-refractivity contribution < 1.29 is 14.3 Å². The molecule has 0 bridgehead atoms. The largest absolute Gasteiger partial charge is 0.383 e. The molecule has 1 N–H and O–H groups in total. The number of ether oxygens (including phenoxy) is 1. The normalized spacial score (nSPS) is 19.7. The molecule has 2 amide bonds. The van der Waals surface area contributed by atoms with Crippen molar-refractivity contribution in [2.45, 2.75) is 37.1 Å². The Balaban J connectivity index is 1.57. The molecule has 0 radical (unpaired) electrons. The molecule has 7 heteroatoms. The van der Waals surface area contributed by atoms with Crippen LogP contribution in [0.25, 0.3) is 10.2 Å². The molecule has 6 nitrogen and oxygen atoms in total. The van der Waals surface area contributed by atoms with Gasteiger partial charge in [0.25, 0.3) is 5.91 Å². The van der Waals surface area contributed by atoms with E-state index in [-0.39, 0.29) is 11.8 Å². The third-order valence-electron chi connectivity index (χ3n) is 6.60.